The van der Waals surface area contributed by atoms with Crippen molar-refractivity contribution in [2.24, 2.45) is 0 Å². The Balaban J connectivity index is 2.36. The molecule has 0 amide bonds. The highest BCUT2D eigenvalue weighted by Gasteiger charge is 2.35. The van der Waals surface area contributed by atoms with Crippen molar-refractivity contribution in [1.29, 1.82) is 5.26 Å². The normalized spacial score (nSPS) is 19.0. The molecular formula is C13H16N2O. The maximum Gasteiger partial charge on any atom is 0.104 e. The molecule has 3 heteroatoms. The lowest BCUT2D eigenvalue weighted by molar-refractivity contribution is 0.0663. The Morgan fingerprint density at radius 2 is 2.25 bits per heavy atom. The molecule has 0 aliphatic carbocycles. The molecule has 2 rings (SSSR count). The van der Waals surface area contributed by atoms with Gasteiger partial charge in [-0.15, -0.1) is 0 Å². The molecule has 2 heterocycles. The Hall–Kier alpha value is -1.40. The van der Waals surface area contributed by atoms with Gasteiger partial charge in [0.1, 0.15) is 5.41 Å². The fourth-order valence-corrected chi connectivity index (χ4v) is 2.10. The average Bonchev–Trinajstić information content (AvgIpc) is 2.39. The number of nitrogens with zero attached hydrogens (tertiary/aromatic N) is 2. The average molecular weight is 216 g/mol. The number of hydrogen-bond acceptors (Lipinski definition) is 3. The quantitative estimate of drug-likeness (QED) is 0.761. The van der Waals surface area contributed by atoms with E-state index in [9.17, 15) is 5.26 Å². The summed E-state index contributed by atoms with van der Waals surface area (Å²) in [6.45, 7) is 3.43. The van der Waals surface area contributed by atoms with Crippen molar-refractivity contribution < 1.29 is 4.74 Å². The van der Waals surface area contributed by atoms with Gasteiger partial charge >= 0.3 is 0 Å². The molecule has 1 fully saturated rings. The van der Waals surface area contributed by atoms with E-state index < -0.39 is 5.41 Å². The third kappa shape index (κ3) is 1.94. The van der Waals surface area contributed by atoms with Crippen LogP contribution in [0.3, 0.4) is 0 Å². The smallest absolute Gasteiger partial charge is 0.104 e. The van der Waals surface area contributed by atoms with Crippen molar-refractivity contribution in [3.8, 4) is 6.07 Å². The number of nitriles is 1. The van der Waals surface area contributed by atoms with Crippen molar-refractivity contribution in [1.82, 2.24) is 4.98 Å². The lowest BCUT2D eigenvalue weighted by atomic mass is 9.78. The Labute approximate surface area is 96.1 Å². The zero-order valence-electron chi connectivity index (χ0n) is 9.57. The molecule has 0 unspecified atom stereocenters. The molecule has 1 aliphatic rings. The first-order chi connectivity index (χ1) is 7.80. The lowest BCUT2D eigenvalue weighted by Crippen LogP contribution is -2.33. The molecule has 0 atom stereocenters. The largest absolute Gasteiger partial charge is 0.381 e. The zero-order valence-corrected chi connectivity index (χ0v) is 9.57. The van der Waals surface area contributed by atoms with Crippen molar-refractivity contribution in [3.63, 3.8) is 0 Å². The van der Waals surface area contributed by atoms with Crippen molar-refractivity contribution in [2.45, 2.75) is 31.6 Å². The summed E-state index contributed by atoms with van der Waals surface area (Å²) in [5.41, 5.74) is 1.73. The highest BCUT2D eigenvalue weighted by molar-refractivity contribution is 5.30. The van der Waals surface area contributed by atoms with Gasteiger partial charge in [0.05, 0.1) is 11.8 Å². The van der Waals surface area contributed by atoms with E-state index in [-0.39, 0.29) is 0 Å². The Morgan fingerprint density at radius 3 is 2.88 bits per heavy atom. The van der Waals surface area contributed by atoms with Crippen LogP contribution in [0.1, 0.15) is 31.0 Å². The molecule has 0 aromatic carbocycles. The van der Waals surface area contributed by atoms with Crippen LogP contribution in [0.25, 0.3) is 0 Å². The summed E-state index contributed by atoms with van der Waals surface area (Å²) in [4.78, 5) is 4.38. The lowest BCUT2D eigenvalue weighted by Gasteiger charge is -2.30. The summed E-state index contributed by atoms with van der Waals surface area (Å²) in [6.07, 6.45) is 4.30. The summed E-state index contributed by atoms with van der Waals surface area (Å²) < 4.78 is 5.33. The van der Waals surface area contributed by atoms with Gasteiger partial charge in [-0.1, -0.05) is 6.92 Å². The van der Waals surface area contributed by atoms with E-state index in [1.54, 1.807) is 0 Å². The summed E-state index contributed by atoms with van der Waals surface area (Å²) in [7, 11) is 0. The summed E-state index contributed by atoms with van der Waals surface area (Å²) in [5.74, 6) is 0. The number of pyridine rings is 1. The molecule has 84 valence electrons. The summed E-state index contributed by atoms with van der Waals surface area (Å²) in [5, 5.41) is 9.41. The highest BCUT2D eigenvalue weighted by atomic mass is 16.5. The Kier molecular flexibility index (Phi) is 3.21. The molecule has 0 saturated carbocycles. The molecule has 0 spiro atoms. The third-order valence-corrected chi connectivity index (χ3v) is 3.28. The van der Waals surface area contributed by atoms with Gasteiger partial charge in [0.15, 0.2) is 0 Å². The molecule has 0 radical (unpaired) electrons. The fraction of sp³-hybridized carbons (Fsp3) is 0.538. The van der Waals surface area contributed by atoms with E-state index in [2.05, 4.69) is 24.0 Å². The van der Waals surface area contributed by atoms with Gasteiger partial charge in [-0.3, -0.25) is 4.98 Å². The Bertz CT molecular complexity index is 403. The molecule has 1 saturated heterocycles. The second-order valence-electron chi connectivity index (χ2n) is 4.21. The monoisotopic (exact) mass is 216 g/mol. The first-order valence-electron chi connectivity index (χ1n) is 5.75. The topological polar surface area (TPSA) is 45.9 Å². The number of ether oxygens (including phenoxy) is 1. The molecule has 0 N–H and O–H groups in total. The van der Waals surface area contributed by atoms with Gasteiger partial charge in [-0.05, 0) is 37.0 Å². The standard InChI is InChI=1S/C13H16N2O/c1-2-11-3-6-15-12(9-11)13(10-14)4-7-16-8-5-13/h3,6,9H,2,4-5,7-8H2,1H3. The van der Waals surface area contributed by atoms with E-state index in [0.29, 0.717) is 13.2 Å². The summed E-state index contributed by atoms with van der Waals surface area (Å²) in [6, 6.07) is 6.51. The molecule has 1 aromatic heterocycles. The van der Waals surface area contributed by atoms with E-state index in [1.807, 2.05) is 12.3 Å². The van der Waals surface area contributed by atoms with Crippen LogP contribution >= 0.6 is 0 Å². The molecule has 1 aliphatic heterocycles. The second kappa shape index (κ2) is 4.63. The van der Waals surface area contributed by atoms with Crippen LogP contribution < -0.4 is 0 Å². The summed E-state index contributed by atoms with van der Waals surface area (Å²) >= 11 is 0. The van der Waals surface area contributed by atoms with Crippen LogP contribution in [0.2, 0.25) is 0 Å². The predicted octanol–water partition coefficient (Wildman–Crippen LogP) is 2.22. The predicted molar refractivity (Wildman–Crippen MR) is 61.0 cm³/mol. The van der Waals surface area contributed by atoms with E-state index in [0.717, 1.165) is 25.0 Å². The molecule has 0 bridgehead atoms. The first kappa shape index (κ1) is 11.1. The SMILES string of the molecule is CCc1ccnc(C2(C#N)CCOCC2)c1. The van der Waals surface area contributed by atoms with Gasteiger partial charge in [-0.2, -0.15) is 5.26 Å². The fourth-order valence-electron chi connectivity index (χ4n) is 2.10. The molecule has 16 heavy (non-hydrogen) atoms. The van der Waals surface area contributed by atoms with Crippen molar-refractivity contribution in [3.05, 3.63) is 29.6 Å². The third-order valence-electron chi connectivity index (χ3n) is 3.28. The highest BCUT2D eigenvalue weighted by Crippen LogP contribution is 2.33. The van der Waals surface area contributed by atoms with Gasteiger partial charge in [-0.25, -0.2) is 0 Å². The number of aryl methyl sites for hydroxylation is 1. The van der Waals surface area contributed by atoms with E-state index in [4.69, 9.17) is 4.74 Å². The van der Waals surface area contributed by atoms with Crippen molar-refractivity contribution in [2.75, 3.05) is 13.2 Å². The number of hydrogen-bond donors (Lipinski definition) is 0. The maximum atomic E-state index is 9.41. The van der Waals surface area contributed by atoms with Crippen LogP contribution in [0, 0.1) is 11.3 Å². The van der Waals surface area contributed by atoms with Crippen LogP contribution in [0.5, 0.6) is 0 Å². The van der Waals surface area contributed by atoms with E-state index >= 15 is 0 Å². The van der Waals surface area contributed by atoms with Crippen LogP contribution in [0.15, 0.2) is 18.3 Å². The maximum absolute atomic E-state index is 9.41. The van der Waals surface area contributed by atoms with Crippen molar-refractivity contribution >= 4 is 0 Å². The number of rotatable bonds is 2. The van der Waals surface area contributed by atoms with Gasteiger partial charge < -0.3 is 4.74 Å². The molecule has 3 nitrogen and oxygen atoms in total. The molecular weight excluding hydrogens is 200 g/mol. The Morgan fingerprint density at radius 1 is 1.50 bits per heavy atom. The van der Waals surface area contributed by atoms with Gasteiger partial charge in [0, 0.05) is 19.4 Å². The van der Waals surface area contributed by atoms with Gasteiger partial charge in [0.2, 0.25) is 0 Å². The van der Waals surface area contributed by atoms with Gasteiger partial charge in [0.25, 0.3) is 0 Å². The first-order valence-corrected chi connectivity index (χ1v) is 5.75. The number of aromatic nitrogens is 1. The van der Waals surface area contributed by atoms with E-state index in [1.165, 1.54) is 5.56 Å². The zero-order chi connectivity index (χ0) is 11.4. The van der Waals surface area contributed by atoms with Crippen LogP contribution in [0.4, 0.5) is 0 Å². The molecule has 1 aromatic rings. The minimum absolute atomic E-state index is 0.427. The minimum atomic E-state index is -0.427. The minimum Gasteiger partial charge on any atom is -0.381 e. The second-order valence-corrected chi connectivity index (χ2v) is 4.21. The van der Waals surface area contributed by atoms with Crippen LogP contribution in [-0.2, 0) is 16.6 Å². The van der Waals surface area contributed by atoms with Crippen LogP contribution in [-0.4, -0.2) is 18.2 Å².